The highest BCUT2D eigenvalue weighted by Crippen LogP contribution is 2.23. The summed E-state index contributed by atoms with van der Waals surface area (Å²) in [6, 6.07) is 1.82. The van der Waals surface area contributed by atoms with E-state index in [1.54, 1.807) is 12.4 Å². The highest BCUT2D eigenvalue weighted by atomic mass is 19.1. The highest BCUT2D eigenvalue weighted by molar-refractivity contribution is 5.63. The topological polar surface area (TPSA) is 50.7 Å². The van der Waals surface area contributed by atoms with Crippen LogP contribution in [0.15, 0.2) is 24.7 Å². The quantitative estimate of drug-likeness (QED) is 0.883. The van der Waals surface area contributed by atoms with Crippen molar-refractivity contribution in [3.8, 4) is 11.3 Å². The Kier molecular flexibility index (Phi) is 3.27. The van der Waals surface area contributed by atoms with Crippen LogP contribution in [0.3, 0.4) is 0 Å². The van der Waals surface area contributed by atoms with Gasteiger partial charge in [0.1, 0.15) is 5.69 Å². The summed E-state index contributed by atoms with van der Waals surface area (Å²) < 4.78 is 13.7. The molecule has 0 saturated heterocycles. The van der Waals surface area contributed by atoms with Gasteiger partial charge in [0.05, 0.1) is 6.20 Å². The number of nitrogens with one attached hydrogen (secondary N) is 1. The Morgan fingerprint density at radius 1 is 1.35 bits per heavy atom. The van der Waals surface area contributed by atoms with E-state index in [1.165, 1.54) is 6.20 Å². The molecule has 0 aliphatic carbocycles. The molecule has 88 valence electrons. The van der Waals surface area contributed by atoms with Gasteiger partial charge in [0.2, 0.25) is 5.95 Å². The second kappa shape index (κ2) is 4.86. The smallest absolute Gasteiger partial charge is 0.223 e. The van der Waals surface area contributed by atoms with Crippen LogP contribution in [0.2, 0.25) is 0 Å². The third kappa shape index (κ3) is 2.38. The van der Waals surface area contributed by atoms with E-state index < -0.39 is 5.82 Å². The Balaban J connectivity index is 2.51. The van der Waals surface area contributed by atoms with Gasteiger partial charge in [0.15, 0.2) is 5.82 Å². The molecule has 2 aromatic heterocycles. The average molecular weight is 232 g/mol. The number of hydrogen-bond acceptors (Lipinski definition) is 4. The molecule has 0 saturated carbocycles. The lowest BCUT2D eigenvalue weighted by Crippen LogP contribution is -2.04. The van der Waals surface area contributed by atoms with Crippen molar-refractivity contribution in [1.82, 2.24) is 15.0 Å². The van der Waals surface area contributed by atoms with Crippen LogP contribution in [-0.2, 0) is 0 Å². The maximum absolute atomic E-state index is 13.7. The summed E-state index contributed by atoms with van der Waals surface area (Å²) in [5, 5.41) is 2.96. The zero-order chi connectivity index (χ0) is 12.3. The maximum Gasteiger partial charge on any atom is 0.223 e. The maximum atomic E-state index is 13.7. The minimum Gasteiger partial charge on any atom is -0.354 e. The second-order valence-electron chi connectivity index (χ2n) is 3.61. The van der Waals surface area contributed by atoms with Gasteiger partial charge in [-0.3, -0.25) is 4.98 Å². The molecule has 2 rings (SSSR count). The van der Waals surface area contributed by atoms with Gasteiger partial charge in [0.25, 0.3) is 0 Å². The molecule has 0 radical (unpaired) electrons. The summed E-state index contributed by atoms with van der Waals surface area (Å²) in [7, 11) is 0. The molecule has 0 unspecified atom stereocenters. The molecule has 0 amide bonds. The van der Waals surface area contributed by atoms with Gasteiger partial charge in [-0.15, -0.1) is 0 Å². The number of aryl methyl sites for hydroxylation is 1. The zero-order valence-electron chi connectivity index (χ0n) is 9.74. The van der Waals surface area contributed by atoms with Gasteiger partial charge >= 0.3 is 0 Å². The molecule has 2 heterocycles. The Bertz CT molecular complexity index is 528. The predicted molar refractivity (Wildman–Crippen MR) is 64.1 cm³/mol. The molecule has 0 aliphatic rings. The largest absolute Gasteiger partial charge is 0.354 e. The van der Waals surface area contributed by atoms with Gasteiger partial charge in [-0.05, 0) is 25.5 Å². The summed E-state index contributed by atoms with van der Waals surface area (Å²) in [5.74, 6) is -0.0186. The van der Waals surface area contributed by atoms with Crippen molar-refractivity contribution in [3.05, 3.63) is 36.0 Å². The Labute approximate surface area is 99.0 Å². The Morgan fingerprint density at radius 3 is 2.88 bits per heavy atom. The third-order valence-electron chi connectivity index (χ3n) is 2.37. The molecular formula is C12H13FN4. The zero-order valence-corrected chi connectivity index (χ0v) is 9.74. The monoisotopic (exact) mass is 232 g/mol. The fraction of sp³-hybridized carbons (Fsp3) is 0.250. The standard InChI is InChI=1S/C12H13FN4/c1-3-15-12-16-7-10(13)11(17-12)9-6-14-5-4-8(9)2/h4-7H,3H2,1-2H3,(H,15,16,17). The van der Waals surface area contributed by atoms with Crippen molar-refractivity contribution < 1.29 is 4.39 Å². The highest BCUT2D eigenvalue weighted by Gasteiger charge is 2.11. The summed E-state index contributed by atoms with van der Waals surface area (Å²) in [4.78, 5) is 12.0. The molecule has 4 nitrogen and oxygen atoms in total. The first-order valence-corrected chi connectivity index (χ1v) is 5.39. The first-order chi connectivity index (χ1) is 8.22. The number of nitrogens with zero attached hydrogens (tertiary/aromatic N) is 3. The molecule has 1 N–H and O–H groups in total. The molecule has 0 atom stereocenters. The number of pyridine rings is 1. The first-order valence-electron chi connectivity index (χ1n) is 5.39. The van der Waals surface area contributed by atoms with E-state index in [0.717, 1.165) is 5.56 Å². The van der Waals surface area contributed by atoms with Crippen molar-refractivity contribution in [2.45, 2.75) is 13.8 Å². The van der Waals surface area contributed by atoms with Crippen LogP contribution in [0.1, 0.15) is 12.5 Å². The summed E-state index contributed by atoms with van der Waals surface area (Å²) >= 11 is 0. The van der Waals surface area contributed by atoms with Crippen LogP contribution in [-0.4, -0.2) is 21.5 Å². The van der Waals surface area contributed by atoms with E-state index in [1.807, 2.05) is 19.9 Å². The fourth-order valence-corrected chi connectivity index (χ4v) is 1.51. The lowest BCUT2D eigenvalue weighted by molar-refractivity contribution is 0.618. The van der Waals surface area contributed by atoms with Crippen molar-refractivity contribution in [1.29, 1.82) is 0 Å². The van der Waals surface area contributed by atoms with Crippen LogP contribution in [0.25, 0.3) is 11.3 Å². The lowest BCUT2D eigenvalue weighted by atomic mass is 10.1. The number of rotatable bonds is 3. The fourth-order valence-electron chi connectivity index (χ4n) is 1.51. The van der Waals surface area contributed by atoms with E-state index in [4.69, 9.17) is 0 Å². The second-order valence-corrected chi connectivity index (χ2v) is 3.61. The summed E-state index contributed by atoms with van der Waals surface area (Å²) in [6.45, 7) is 4.52. The summed E-state index contributed by atoms with van der Waals surface area (Å²) in [6.07, 6.45) is 4.45. The van der Waals surface area contributed by atoms with Gasteiger partial charge < -0.3 is 5.32 Å². The molecule has 0 fully saturated rings. The van der Waals surface area contributed by atoms with Crippen molar-refractivity contribution >= 4 is 5.95 Å². The molecular weight excluding hydrogens is 219 g/mol. The average Bonchev–Trinajstić information content (AvgIpc) is 2.33. The Hall–Kier alpha value is -2.04. The number of anilines is 1. The van der Waals surface area contributed by atoms with E-state index in [2.05, 4.69) is 20.3 Å². The molecule has 17 heavy (non-hydrogen) atoms. The van der Waals surface area contributed by atoms with Crippen molar-refractivity contribution in [2.24, 2.45) is 0 Å². The van der Waals surface area contributed by atoms with Crippen molar-refractivity contribution in [3.63, 3.8) is 0 Å². The van der Waals surface area contributed by atoms with E-state index in [-0.39, 0.29) is 5.69 Å². The number of halogens is 1. The molecule has 2 aromatic rings. The van der Waals surface area contributed by atoms with Crippen LogP contribution >= 0.6 is 0 Å². The number of hydrogen-bond donors (Lipinski definition) is 1. The molecule has 0 bridgehead atoms. The molecule has 0 spiro atoms. The van der Waals surface area contributed by atoms with Crippen molar-refractivity contribution in [2.75, 3.05) is 11.9 Å². The SMILES string of the molecule is CCNc1ncc(F)c(-c2cnccc2C)n1. The van der Waals surface area contributed by atoms with E-state index >= 15 is 0 Å². The first kappa shape index (κ1) is 11.4. The predicted octanol–water partition coefficient (Wildman–Crippen LogP) is 2.42. The van der Waals surface area contributed by atoms with Gasteiger partial charge in [0, 0.05) is 24.5 Å². The van der Waals surface area contributed by atoms with Crippen LogP contribution < -0.4 is 5.32 Å². The normalized spacial score (nSPS) is 10.3. The molecule has 5 heteroatoms. The molecule has 0 aromatic carbocycles. The minimum atomic E-state index is -0.442. The van der Waals surface area contributed by atoms with Gasteiger partial charge in [-0.25, -0.2) is 14.4 Å². The number of aromatic nitrogens is 3. The van der Waals surface area contributed by atoms with Crippen LogP contribution in [0.4, 0.5) is 10.3 Å². The van der Waals surface area contributed by atoms with E-state index in [0.29, 0.717) is 18.1 Å². The minimum absolute atomic E-state index is 0.279. The molecule has 0 aliphatic heterocycles. The van der Waals surface area contributed by atoms with Gasteiger partial charge in [-0.2, -0.15) is 0 Å². The summed E-state index contributed by atoms with van der Waals surface area (Å²) in [5.41, 5.74) is 1.90. The van der Waals surface area contributed by atoms with E-state index in [9.17, 15) is 4.39 Å². The van der Waals surface area contributed by atoms with Crippen LogP contribution in [0.5, 0.6) is 0 Å². The third-order valence-corrected chi connectivity index (χ3v) is 2.37. The lowest BCUT2D eigenvalue weighted by Gasteiger charge is -2.07. The Morgan fingerprint density at radius 2 is 2.18 bits per heavy atom. The van der Waals surface area contributed by atoms with Gasteiger partial charge in [-0.1, -0.05) is 0 Å². The van der Waals surface area contributed by atoms with Crippen LogP contribution in [0, 0.1) is 12.7 Å².